The maximum absolute atomic E-state index is 14.3. The minimum absolute atomic E-state index is 0.0374. The van der Waals surface area contributed by atoms with Crippen molar-refractivity contribution in [2.75, 3.05) is 44.3 Å². The smallest absolute Gasteiger partial charge is 0.266 e. The van der Waals surface area contributed by atoms with E-state index >= 15 is 0 Å². The lowest BCUT2D eigenvalue weighted by Crippen LogP contribution is -2.53. The highest BCUT2D eigenvalue weighted by Crippen LogP contribution is 2.45. The number of nitrogens with zero attached hydrogens (tertiary/aromatic N) is 4. The van der Waals surface area contributed by atoms with Crippen LogP contribution in [0.2, 0.25) is 5.02 Å². The molecule has 2 aliphatic rings. The second-order valence-electron chi connectivity index (χ2n) is 8.82. The molecule has 1 aliphatic carbocycles. The largest absolute Gasteiger partial charge is 0.488 e. The van der Waals surface area contributed by atoms with Gasteiger partial charge in [0.15, 0.2) is 11.6 Å². The number of hydrogen-bond acceptors (Lipinski definition) is 7. The zero-order valence-electron chi connectivity index (χ0n) is 17.6. The van der Waals surface area contributed by atoms with Crippen molar-refractivity contribution in [3.8, 4) is 17.2 Å². The Balaban J connectivity index is 1.39. The molecule has 8 nitrogen and oxygen atoms in total. The van der Waals surface area contributed by atoms with E-state index in [0.29, 0.717) is 32.1 Å². The monoisotopic (exact) mass is 452 g/mol. The Bertz CT molecular complexity index is 951. The van der Waals surface area contributed by atoms with Crippen LogP contribution in [0.5, 0.6) is 5.75 Å². The summed E-state index contributed by atoms with van der Waals surface area (Å²) < 4.78 is 24.7. The van der Waals surface area contributed by atoms with Crippen LogP contribution >= 0.6 is 11.6 Å². The number of carbonyl (C=O) groups excluding carboxylic acids is 1. The van der Waals surface area contributed by atoms with Crippen LogP contribution in [0.1, 0.15) is 26.7 Å². The minimum Gasteiger partial charge on any atom is -0.488 e. The van der Waals surface area contributed by atoms with Crippen LogP contribution in [0.25, 0.3) is 11.5 Å². The normalized spacial score (nSPS) is 18.7. The Labute approximate surface area is 184 Å². The summed E-state index contributed by atoms with van der Waals surface area (Å²) in [6.07, 6.45) is 1.89. The van der Waals surface area contributed by atoms with Crippen molar-refractivity contribution >= 4 is 23.5 Å². The molecule has 2 fully saturated rings. The average Bonchev–Trinajstić information content (AvgIpc) is 3.22. The molecule has 2 aromatic rings. The molecule has 0 bridgehead atoms. The fraction of sp³-hybridized carbons (Fsp3) is 0.571. The van der Waals surface area contributed by atoms with E-state index in [2.05, 4.69) is 24.0 Å². The van der Waals surface area contributed by atoms with E-state index < -0.39 is 5.82 Å². The van der Waals surface area contributed by atoms with Gasteiger partial charge in [0.1, 0.15) is 6.61 Å². The van der Waals surface area contributed by atoms with E-state index in [9.17, 15) is 9.18 Å². The number of anilines is 1. The van der Waals surface area contributed by atoms with E-state index in [1.54, 1.807) is 0 Å². The Morgan fingerprint density at radius 1 is 1.32 bits per heavy atom. The molecule has 1 saturated heterocycles. The van der Waals surface area contributed by atoms with Crippen molar-refractivity contribution in [3.05, 3.63) is 23.0 Å². The van der Waals surface area contributed by atoms with Crippen molar-refractivity contribution in [2.24, 2.45) is 11.3 Å². The van der Waals surface area contributed by atoms with Crippen molar-refractivity contribution in [2.45, 2.75) is 26.7 Å². The summed E-state index contributed by atoms with van der Waals surface area (Å²) in [5, 5.41) is 13.0. The first-order valence-electron chi connectivity index (χ1n) is 10.4. The zero-order valence-corrected chi connectivity index (χ0v) is 18.4. The van der Waals surface area contributed by atoms with Gasteiger partial charge in [-0.1, -0.05) is 25.4 Å². The zero-order chi connectivity index (χ0) is 22.2. The Morgan fingerprint density at radius 2 is 2.03 bits per heavy atom. The van der Waals surface area contributed by atoms with Crippen LogP contribution in [0.3, 0.4) is 0 Å². The Morgan fingerprint density at radius 3 is 2.68 bits per heavy atom. The maximum atomic E-state index is 14.3. The number of amides is 1. The van der Waals surface area contributed by atoms with Gasteiger partial charge in [-0.2, -0.15) is 4.98 Å². The number of rotatable bonds is 6. The first-order chi connectivity index (χ1) is 14.8. The number of halogens is 2. The molecule has 0 atom stereocenters. The van der Waals surface area contributed by atoms with Gasteiger partial charge in [0.2, 0.25) is 5.91 Å². The fourth-order valence-corrected chi connectivity index (χ4v) is 4.48. The van der Waals surface area contributed by atoms with Crippen LogP contribution in [-0.2, 0) is 4.79 Å². The first kappa shape index (κ1) is 21.8. The van der Waals surface area contributed by atoms with E-state index in [4.69, 9.17) is 26.0 Å². The Kier molecular flexibility index (Phi) is 6.07. The third-order valence-electron chi connectivity index (χ3n) is 5.84. The highest BCUT2D eigenvalue weighted by molar-refractivity contribution is 6.33. The molecule has 1 aromatic carbocycles. The van der Waals surface area contributed by atoms with Gasteiger partial charge < -0.3 is 24.2 Å². The molecule has 1 saturated carbocycles. The number of aliphatic hydroxyl groups excluding tert-OH is 1. The highest BCUT2D eigenvalue weighted by atomic mass is 35.5. The number of aliphatic hydroxyl groups is 1. The average molecular weight is 453 g/mol. The summed E-state index contributed by atoms with van der Waals surface area (Å²) >= 11 is 6.24. The minimum atomic E-state index is -0.640. The number of hydrogen-bond donors (Lipinski definition) is 1. The molecule has 168 valence electrons. The molecule has 1 N–H and O–H groups in total. The van der Waals surface area contributed by atoms with E-state index in [1.165, 1.54) is 12.1 Å². The molecule has 31 heavy (non-hydrogen) atoms. The lowest BCUT2D eigenvalue weighted by Gasteiger charge is -2.45. The van der Waals surface area contributed by atoms with Gasteiger partial charge in [0.25, 0.3) is 11.8 Å². The second-order valence-corrected chi connectivity index (χ2v) is 9.22. The predicted molar refractivity (Wildman–Crippen MR) is 113 cm³/mol. The summed E-state index contributed by atoms with van der Waals surface area (Å²) in [5.41, 5.74) is 0.531. The first-order valence-corrected chi connectivity index (χ1v) is 10.8. The summed E-state index contributed by atoms with van der Waals surface area (Å²) in [4.78, 5) is 20.9. The number of piperazine rings is 1. The van der Waals surface area contributed by atoms with Gasteiger partial charge >= 0.3 is 0 Å². The lowest BCUT2D eigenvalue weighted by atomic mass is 9.64. The SMILES string of the molecule is CC1(C)CC(C(=O)N2CCN(c3noc(-c4cc(F)c(OCCO)cc4Cl)n3)CC2)C1. The standard InChI is InChI=1S/C21H26ClFN4O4/c1-21(2)11-13(12-21)19(29)26-3-5-27(6-4-26)20-24-18(31-25-20)14-9-16(23)17(10-15(14)22)30-8-7-28/h9-10,13,28H,3-8,11-12H2,1-2H3. The van der Waals surface area contributed by atoms with E-state index in [-0.39, 0.29) is 52.7 Å². The maximum Gasteiger partial charge on any atom is 0.266 e. The van der Waals surface area contributed by atoms with Crippen molar-refractivity contribution < 1.29 is 23.6 Å². The molecule has 2 heterocycles. The van der Waals surface area contributed by atoms with Crippen LogP contribution < -0.4 is 9.64 Å². The number of carbonyl (C=O) groups is 1. The molecule has 0 spiro atoms. The van der Waals surface area contributed by atoms with Crippen LogP contribution in [0.4, 0.5) is 10.3 Å². The van der Waals surface area contributed by atoms with Gasteiger partial charge in [-0.25, -0.2) is 4.39 Å². The number of benzene rings is 1. The molecule has 1 amide bonds. The van der Waals surface area contributed by atoms with Gasteiger partial charge in [0.05, 0.1) is 17.2 Å². The second kappa shape index (κ2) is 8.63. The number of ether oxygens (including phenoxy) is 1. The molecule has 1 aliphatic heterocycles. The lowest BCUT2D eigenvalue weighted by molar-refractivity contribution is -0.142. The summed E-state index contributed by atoms with van der Waals surface area (Å²) in [7, 11) is 0. The molecule has 4 rings (SSSR count). The van der Waals surface area contributed by atoms with Crippen LogP contribution in [0, 0.1) is 17.2 Å². The summed E-state index contributed by atoms with van der Waals surface area (Å²) in [5.74, 6) is 0.155. The molecular weight excluding hydrogens is 427 g/mol. The quantitative estimate of drug-likeness (QED) is 0.720. The molecule has 0 unspecified atom stereocenters. The van der Waals surface area contributed by atoms with Crippen molar-refractivity contribution in [1.82, 2.24) is 15.0 Å². The predicted octanol–water partition coefficient (Wildman–Crippen LogP) is 2.99. The van der Waals surface area contributed by atoms with Gasteiger partial charge in [-0.3, -0.25) is 4.79 Å². The third-order valence-corrected chi connectivity index (χ3v) is 6.15. The highest BCUT2D eigenvalue weighted by Gasteiger charge is 2.42. The molecule has 0 radical (unpaired) electrons. The molecule has 10 heteroatoms. The van der Waals surface area contributed by atoms with E-state index in [0.717, 1.165) is 12.8 Å². The topological polar surface area (TPSA) is 91.9 Å². The van der Waals surface area contributed by atoms with Crippen LogP contribution in [-0.4, -0.2) is 65.4 Å². The van der Waals surface area contributed by atoms with Gasteiger partial charge in [0, 0.05) is 38.2 Å². The van der Waals surface area contributed by atoms with Crippen LogP contribution in [0.15, 0.2) is 16.7 Å². The van der Waals surface area contributed by atoms with Gasteiger partial charge in [-0.05, 0) is 29.5 Å². The Hall–Kier alpha value is -2.39. The molecular formula is C21H26ClFN4O4. The van der Waals surface area contributed by atoms with Gasteiger partial charge in [-0.15, -0.1) is 0 Å². The molecule has 1 aromatic heterocycles. The summed E-state index contributed by atoms with van der Waals surface area (Å²) in [6.45, 7) is 6.51. The third kappa shape index (κ3) is 4.62. The summed E-state index contributed by atoms with van der Waals surface area (Å²) in [6, 6.07) is 2.49. The van der Waals surface area contributed by atoms with E-state index in [1.807, 2.05) is 9.80 Å². The van der Waals surface area contributed by atoms with Crippen molar-refractivity contribution in [1.29, 1.82) is 0 Å². The van der Waals surface area contributed by atoms with Crippen molar-refractivity contribution in [3.63, 3.8) is 0 Å². The fourth-order valence-electron chi connectivity index (χ4n) is 4.25. The number of aromatic nitrogens is 2.